The summed E-state index contributed by atoms with van der Waals surface area (Å²) in [6.45, 7) is 5.51. The van der Waals surface area contributed by atoms with Crippen LogP contribution in [0.25, 0.3) is 0 Å². The van der Waals surface area contributed by atoms with Crippen molar-refractivity contribution in [3.63, 3.8) is 0 Å². The number of aryl methyl sites for hydroxylation is 2. The number of nitrogens with two attached hydrogens (primary N) is 2. The molecule has 0 heterocycles. The van der Waals surface area contributed by atoms with E-state index in [1.165, 1.54) is 22.3 Å². The summed E-state index contributed by atoms with van der Waals surface area (Å²) in [5, 5.41) is 0. The highest BCUT2D eigenvalue weighted by Gasteiger charge is 2.08. The van der Waals surface area contributed by atoms with Gasteiger partial charge >= 0.3 is 0 Å². The fourth-order valence-electron chi connectivity index (χ4n) is 1.96. The molecule has 0 amide bonds. The summed E-state index contributed by atoms with van der Waals surface area (Å²) < 4.78 is 0. The van der Waals surface area contributed by atoms with E-state index in [0.717, 1.165) is 12.8 Å². The molecule has 14 heavy (non-hydrogen) atoms. The first-order valence-electron chi connectivity index (χ1n) is 5.31. The van der Waals surface area contributed by atoms with E-state index in [1.54, 1.807) is 0 Å². The molecule has 0 fully saturated rings. The lowest BCUT2D eigenvalue weighted by molar-refractivity contribution is 0.912. The predicted molar refractivity (Wildman–Crippen MR) is 61.0 cm³/mol. The maximum atomic E-state index is 5.77. The molecular weight excluding hydrogens is 172 g/mol. The van der Waals surface area contributed by atoms with Crippen molar-refractivity contribution in [2.45, 2.75) is 39.8 Å². The molecule has 1 aromatic rings. The van der Waals surface area contributed by atoms with Crippen molar-refractivity contribution in [3.05, 3.63) is 34.4 Å². The lowest BCUT2D eigenvalue weighted by Gasteiger charge is -2.15. The Hall–Kier alpha value is -0.860. The van der Waals surface area contributed by atoms with Gasteiger partial charge in [-0.05, 0) is 35.1 Å². The van der Waals surface area contributed by atoms with Gasteiger partial charge in [0.05, 0.1) is 0 Å². The molecule has 0 atom stereocenters. The zero-order valence-corrected chi connectivity index (χ0v) is 9.14. The molecule has 0 unspecified atom stereocenters. The third kappa shape index (κ3) is 1.97. The quantitative estimate of drug-likeness (QED) is 0.763. The van der Waals surface area contributed by atoms with E-state index in [9.17, 15) is 0 Å². The van der Waals surface area contributed by atoms with Crippen molar-refractivity contribution in [2.24, 2.45) is 11.5 Å². The highest BCUT2D eigenvalue weighted by Crippen LogP contribution is 2.20. The van der Waals surface area contributed by atoms with Gasteiger partial charge in [0, 0.05) is 13.1 Å². The smallest absolute Gasteiger partial charge is 0.0184 e. The van der Waals surface area contributed by atoms with Gasteiger partial charge in [0.25, 0.3) is 0 Å². The highest BCUT2D eigenvalue weighted by atomic mass is 14.6. The summed E-state index contributed by atoms with van der Waals surface area (Å²) in [6.07, 6.45) is 2.06. The normalized spacial score (nSPS) is 10.6. The molecule has 4 N–H and O–H groups in total. The van der Waals surface area contributed by atoms with Crippen LogP contribution in [0.5, 0.6) is 0 Å². The van der Waals surface area contributed by atoms with Gasteiger partial charge < -0.3 is 11.5 Å². The SMILES string of the molecule is CCc1ccc(CC)c(CN)c1CN. The lowest BCUT2D eigenvalue weighted by atomic mass is 9.93. The van der Waals surface area contributed by atoms with Crippen LogP contribution in [0.2, 0.25) is 0 Å². The van der Waals surface area contributed by atoms with Gasteiger partial charge in [-0.25, -0.2) is 0 Å². The minimum atomic E-state index is 0.601. The average molecular weight is 192 g/mol. The van der Waals surface area contributed by atoms with E-state index in [2.05, 4.69) is 26.0 Å². The molecular formula is C12H20N2. The molecule has 0 spiro atoms. The van der Waals surface area contributed by atoms with Crippen LogP contribution in [0.4, 0.5) is 0 Å². The minimum absolute atomic E-state index is 0.601. The van der Waals surface area contributed by atoms with E-state index in [-0.39, 0.29) is 0 Å². The first kappa shape index (κ1) is 11.2. The molecule has 0 radical (unpaired) electrons. The first-order valence-corrected chi connectivity index (χ1v) is 5.31. The first-order chi connectivity index (χ1) is 6.78. The predicted octanol–water partition coefficient (Wildman–Crippen LogP) is 1.73. The third-order valence-electron chi connectivity index (χ3n) is 2.80. The van der Waals surface area contributed by atoms with Crippen LogP contribution in [0, 0.1) is 0 Å². The maximum absolute atomic E-state index is 5.77. The number of benzene rings is 1. The molecule has 1 aromatic carbocycles. The number of hydrogen-bond acceptors (Lipinski definition) is 2. The zero-order valence-electron chi connectivity index (χ0n) is 9.14. The molecule has 78 valence electrons. The van der Waals surface area contributed by atoms with Crippen molar-refractivity contribution in [1.29, 1.82) is 0 Å². The molecule has 0 bridgehead atoms. The largest absolute Gasteiger partial charge is 0.326 e. The molecule has 0 aliphatic rings. The fourth-order valence-corrected chi connectivity index (χ4v) is 1.96. The van der Waals surface area contributed by atoms with Crippen LogP contribution in [0.3, 0.4) is 0 Å². The second kappa shape index (κ2) is 5.13. The highest BCUT2D eigenvalue weighted by molar-refractivity contribution is 5.41. The zero-order chi connectivity index (χ0) is 10.6. The summed E-state index contributed by atoms with van der Waals surface area (Å²) >= 11 is 0. The van der Waals surface area contributed by atoms with Gasteiger partial charge in [0.1, 0.15) is 0 Å². The fraction of sp³-hybridized carbons (Fsp3) is 0.500. The lowest BCUT2D eigenvalue weighted by Crippen LogP contribution is -2.11. The molecule has 0 saturated carbocycles. The van der Waals surface area contributed by atoms with Gasteiger partial charge in [0.15, 0.2) is 0 Å². The van der Waals surface area contributed by atoms with Crippen LogP contribution in [0.1, 0.15) is 36.1 Å². The maximum Gasteiger partial charge on any atom is 0.0184 e. The van der Waals surface area contributed by atoms with Crippen LogP contribution >= 0.6 is 0 Å². The second-order valence-electron chi connectivity index (χ2n) is 3.46. The van der Waals surface area contributed by atoms with Crippen LogP contribution in [-0.2, 0) is 25.9 Å². The Bertz CT molecular complexity index is 274. The molecule has 0 aliphatic heterocycles. The van der Waals surface area contributed by atoms with Crippen LogP contribution in [-0.4, -0.2) is 0 Å². The van der Waals surface area contributed by atoms with Crippen LogP contribution in [0.15, 0.2) is 12.1 Å². The number of hydrogen-bond donors (Lipinski definition) is 2. The third-order valence-corrected chi connectivity index (χ3v) is 2.80. The monoisotopic (exact) mass is 192 g/mol. The molecule has 2 heteroatoms. The topological polar surface area (TPSA) is 52.0 Å². The number of rotatable bonds is 4. The van der Waals surface area contributed by atoms with Gasteiger partial charge in [-0.1, -0.05) is 26.0 Å². The van der Waals surface area contributed by atoms with E-state index in [1.807, 2.05) is 0 Å². The Morgan fingerprint density at radius 2 is 1.21 bits per heavy atom. The summed E-state index contributed by atoms with van der Waals surface area (Å²) in [7, 11) is 0. The van der Waals surface area contributed by atoms with Gasteiger partial charge in [-0.3, -0.25) is 0 Å². The van der Waals surface area contributed by atoms with Crippen molar-refractivity contribution in [1.82, 2.24) is 0 Å². The molecule has 1 rings (SSSR count). The Morgan fingerprint density at radius 1 is 0.857 bits per heavy atom. The van der Waals surface area contributed by atoms with Crippen LogP contribution < -0.4 is 11.5 Å². The summed E-state index contributed by atoms with van der Waals surface area (Å²) in [6, 6.07) is 4.36. The van der Waals surface area contributed by atoms with E-state index in [0.29, 0.717) is 13.1 Å². The van der Waals surface area contributed by atoms with Crippen molar-refractivity contribution in [2.75, 3.05) is 0 Å². The standard InChI is InChI=1S/C12H20N2/c1-3-9-5-6-10(4-2)12(8-14)11(9)7-13/h5-6H,3-4,7-8,13-14H2,1-2H3. The minimum Gasteiger partial charge on any atom is -0.326 e. The van der Waals surface area contributed by atoms with Crippen molar-refractivity contribution < 1.29 is 0 Å². The second-order valence-corrected chi connectivity index (χ2v) is 3.46. The Morgan fingerprint density at radius 3 is 1.43 bits per heavy atom. The molecule has 0 aliphatic carbocycles. The summed E-state index contributed by atoms with van der Waals surface area (Å²) in [5.41, 5.74) is 16.7. The Kier molecular flexibility index (Phi) is 4.11. The molecule has 0 aromatic heterocycles. The van der Waals surface area contributed by atoms with Gasteiger partial charge in [-0.15, -0.1) is 0 Å². The molecule has 2 nitrogen and oxygen atoms in total. The van der Waals surface area contributed by atoms with Gasteiger partial charge in [-0.2, -0.15) is 0 Å². The van der Waals surface area contributed by atoms with E-state index >= 15 is 0 Å². The molecule has 0 saturated heterocycles. The van der Waals surface area contributed by atoms with Crippen molar-refractivity contribution >= 4 is 0 Å². The summed E-state index contributed by atoms with van der Waals surface area (Å²) in [5.74, 6) is 0. The van der Waals surface area contributed by atoms with E-state index < -0.39 is 0 Å². The summed E-state index contributed by atoms with van der Waals surface area (Å²) in [4.78, 5) is 0. The van der Waals surface area contributed by atoms with Gasteiger partial charge in [0.2, 0.25) is 0 Å². The van der Waals surface area contributed by atoms with E-state index in [4.69, 9.17) is 11.5 Å². The Balaban J connectivity index is 3.28. The van der Waals surface area contributed by atoms with Crippen molar-refractivity contribution in [3.8, 4) is 0 Å². The average Bonchev–Trinajstić information content (AvgIpc) is 2.26. The Labute approximate surface area is 86.3 Å².